The number of aromatic nitrogens is 1. The molecule has 102 valence electrons. The maximum Gasteiger partial charge on any atom is 0.187 e. The molecule has 0 amide bonds. The topological polar surface area (TPSA) is 93.5 Å². The molecule has 0 atom stereocenters. The van der Waals surface area contributed by atoms with Gasteiger partial charge in [-0.2, -0.15) is 5.26 Å². The molecule has 0 aliphatic carbocycles. The first-order chi connectivity index (χ1) is 9.72. The van der Waals surface area contributed by atoms with Crippen molar-refractivity contribution in [1.29, 1.82) is 5.26 Å². The van der Waals surface area contributed by atoms with Gasteiger partial charge in [0.2, 0.25) is 0 Å². The summed E-state index contributed by atoms with van der Waals surface area (Å²) in [5, 5.41) is 15.2. The number of thiazole rings is 1. The summed E-state index contributed by atoms with van der Waals surface area (Å²) in [7, 11) is 1.56. The second kappa shape index (κ2) is 6.54. The minimum Gasteiger partial charge on any atom is -0.497 e. The number of methoxy groups -OCH3 is 1. The minimum absolute atomic E-state index is 0.169. The number of rotatable bonds is 5. The fourth-order valence-corrected chi connectivity index (χ4v) is 2.01. The number of hydrogen-bond donors (Lipinski definition) is 1. The van der Waals surface area contributed by atoms with Gasteiger partial charge in [-0.05, 0) is 12.1 Å². The Bertz CT molecular complexity index is 660. The SMILES string of the molecule is COc1cccc(/C(C#N)=N\OCc2csc(N)n2)c1. The molecule has 2 aromatic rings. The van der Waals surface area contributed by atoms with Gasteiger partial charge in [0.05, 0.1) is 12.8 Å². The van der Waals surface area contributed by atoms with Crippen LogP contribution < -0.4 is 10.5 Å². The number of nitrogen functional groups attached to an aromatic ring is 1. The molecule has 1 aromatic carbocycles. The van der Waals surface area contributed by atoms with Gasteiger partial charge in [-0.25, -0.2) is 4.98 Å². The van der Waals surface area contributed by atoms with Gasteiger partial charge in [0, 0.05) is 10.9 Å². The molecule has 0 unspecified atom stereocenters. The Hall–Kier alpha value is -2.59. The first-order valence-electron chi connectivity index (χ1n) is 5.67. The third kappa shape index (κ3) is 3.46. The van der Waals surface area contributed by atoms with E-state index in [-0.39, 0.29) is 12.3 Å². The summed E-state index contributed by atoms with van der Waals surface area (Å²) in [5.74, 6) is 0.651. The second-order valence-corrected chi connectivity index (χ2v) is 4.62. The van der Waals surface area contributed by atoms with Crippen LogP contribution in [0.3, 0.4) is 0 Å². The highest BCUT2D eigenvalue weighted by molar-refractivity contribution is 7.13. The van der Waals surface area contributed by atoms with E-state index in [1.807, 2.05) is 6.07 Å². The Balaban J connectivity index is 2.07. The van der Waals surface area contributed by atoms with Gasteiger partial charge in [0.15, 0.2) is 17.5 Å². The summed E-state index contributed by atoms with van der Waals surface area (Å²) in [6.07, 6.45) is 0. The highest BCUT2D eigenvalue weighted by atomic mass is 32.1. The molecule has 2 rings (SSSR count). The fraction of sp³-hybridized carbons (Fsp3) is 0.154. The maximum absolute atomic E-state index is 9.11. The largest absolute Gasteiger partial charge is 0.497 e. The van der Waals surface area contributed by atoms with Crippen molar-refractivity contribution in [2.75, 3.05) is 12.8 Å². The van der Waals surface area contributed by atoms with Gasteiger partial charge in [0.25, 0.3) is 0 Å². The van der Waals surface area contributed by atoms with Crippen molar-refractivity contribution in [3.05, 3.63) is 40.9 Å². The average molecular weight is 288 g/mol. The van der Waals surface area contributed by atoms with Crippen molar-refractivity contribution in [2.45, 2.75) is 6.61 Å². The number of ether oxygens (including phenoxy) is 1. The molecule has 0 saturated carbocycles. The highest BCUT2D eigenvalue weighted by Gasteiger charge is 2.05. The standard InChI is InChI=1S/C13H12N4O2S/c1-18-11-4-2-3-9(5-11)12(6-14)17-19-7-10-8-20-13(15)16-10/h2-5,8H,7H2,1H3,(H2,15,16)/b17-12-. The van der Waals surface area contributed by atoms with E-state index in [0.29, 0.717) is 22.1 Å². The lowest BCUT2D eigenvalue weighted by atomic mass is 10.1. The first kappa shape index (κ1) is 13.8. The molecule has 0 radical (unpaired) electrons. The Morgan fingerprint density at radius 3 is 3.05 bits per heavy atom. The van der Waals surface area contributed by atoms with Gasteiger partial charge in [0.1, 0.15) is 11.8 Å². The first-order valence-corrected chi connectivity index (χ1v) is 6.55. The van der Waals surface area contributed by atoms with E-state index in [2.05, 4.69) is 10.1 Å². The molecule has 0 fully saturated rings. The van der Waals surface area contributed by atoms with Gasteiger partial charge >= 0.3 is 0 Å². The van der Waals surface area contributed by atoms with Gasteiger partial charge in [-0.15, -0.1) is 11.3 Å². The fourth-order valence-electron chi connectivity index (χ4n) is 1.46. The molecular weight excluding hydrogens is 276 g/mol. The lowest BCUT2D eigenvalue weighted by Crippen LogP contribution is -2.00. The third-order valence-corrected chi connectivity index (χ3v) is 3.11. The number of nitrogens with zero attached hydrogens (tertiary/aromatic N) is 3. The summed E-state index contributed by atoms with van der Waals surface area (Å²) in [4.78, 5) is 9.16. The molecule has 0 bridgehead atoms. The van der Waals surface area contributed by atoms with E-state index < -0.39 is 0 Å². The van der Waals surface area contributed by atoms with Gasteiger partial charge in [-0.1, -0.05) is 17.3 Å². The van der Waals surface area contributed by atoms with E-state index in [1.165, 1.54) is 11.3 Å². The van der Waals surface area contributed by atoms with Crippen LogP contribution in [0.25, 0.3) is 0 Å². The number of nitriles is 1. The lowest BCUT2D eigenvalue weighted by molar-refractivity contribution is 0.129. The Kier molecular flexibility index (Phi) is 4.52. The van der Waals surface area contributed by atoms with Crippen LogP contribution in [0.5, 0.6) is 5.75 Å². The van der Waals surface area contributed by atoms with Crippen LogP contribution in [0.2, 0.25) is 0 Å². The summed E-state index contributed by atoms with van der Waals surface area (Å²) in [6.45, 7) is 0.169. The smallest absolute Gasteiger partial charge is 0.187 e. The van der Waals surface area contributed by atoms with E-state index in [4.69, 9.17) is 20.6 Å². The molecular formula is C13H12N4O2S. The zero-order chi connectivity index (χ0) is 14.4. The molecule has 20 heavy (non-hydrogen) atoms. The number of hydrogen-bond acceptors (Lipinski definition) is 7. The molecule has 0 aliphatic rings. The number of benzene rings is 1. The quantitative estimate of drug-likeness (QED) is 0.672. The van der Waals surface area contributed by atoms with Crippen molar-refractivity contribution in [2.24, 2.45) is 5.16 Å². The number of oxime groups is 1. The van der Waals surface area contributed by atoms with Crippen molar-refractivity contribution in [1.82, 2.24) is 4.98 Å². The molecule has 2 N–H and O–H groups in total. The zero-order valence-corrected chi connectivity index (χ0v) is 11.6. The van der Waals surface area contributed by atoms with Crippen LogP contribution >= 0.6 is 11.3 Å². The molecule has 0 aliphatic heterocycles. The van der Waals surface area contributed by atoms with Crippen LogP contribution in [0, 0.1) is 11.3 Å². The van der Waals surface area contributed by atoms with Crippen molar-refractivity contribution >= 4 is 22.2 Å². The molecule has 0 spiro atoms. The van der Waals surface area contributed by atoms with Crippen LogP contribution in [-0.2, 0) is 11.4 Å². The summed E-state index contributed by atoms with van der Waals surface area (Å²) in [5.41, 5.74) is 6.99. The summed E-state index contributed by atoms with van der Waals surface area (Å²) in [6, 6.07) is 9.03. The predicted molar refractivity (Wildman–Crippen MR) is 76.5 cm³/mol. The van der Waals surface area contributed by atoms with Gasteiger partial charge < -0.3 is 15.3 Å². The normalized spacial score (nSPS) is 10.9. The molecule has 7 heteroatoms. The summed E-state index contributed by atoms with van der Waals surface area (Å²) >= 11 is 1.33. The van der Waals surface area contributed by atoms with Crippen LogP contribution in [0.1, 0.15) is 11.3 Å². The van der Waals surface area contributed by atoms with Crippen LogP contribution in [-0.4, -0.2) is 17.8 Å². The van der Waals surface area contributed by atoms with Gasteiger partial charge in [-0.3, -0.25) is 0 Å². The average Bonchev–Trinajstić information content (AvgIpc) is 2.89. The predicted octanol–water partition coefficient (Wildman–Crippen LogP) is 2.18. The van der Waals surface area contributed by atoms with Crippen LogP contribution in [0.4, 0.5) is 5.13 Å². The number of anilines is 1. The minimum atomic E-state index is 0.169. The third-order valence-electron chi connectivity index (χ3n) is 2.39. The van der Waals surface area contributed by atoms with Crippen molar-refractivity contribution < 1.29 is 9.57 Å². The van der Waals surface area contributed by atoms with Crippen molar-refractivity contribution in [3.8, 4) is 11.8 Å². The Labute approximate surface area is 120 Å². The maximum atomic E-state index is 9.11. The Morgan fingerprint density at radius 1 is 1.55 bits per heavy atom. The van der Waals surface area contributed by atoms with Crippen molar-refractivity contribution in [3.63, 3.8) is 0 Å². The van der Waals surface area contributed by atoms with E-state index in [0.717, 1.165) is 0 Å². The lowest BCUT2D eigenvalue weighted by Gasteiger charge is -2.02. The van der Waals surface area contributed by atoms with E-state index >= 15 is 0 Å². The zero-order valence-electron chi connectivity index (χ0n) is 10.7. The molecule has 0 saturated heterocycles. The van der Waals surface area contributed by atoms with E-state index in [9.17, 15) is 0 Å². The molecule has 1 aromatic heterocycles. The monoisotopic (exact) mass is 288 g/mol. The van der Waals surface area contributed by atoms with Crippen LogP contribution in [0.15, 0.2) is 34.8 Å². The highest BCUT2D eigenvalue weighted by Crippen LogP contribution is 2.14. The summed E-state index contributed by atoms with van der Waals surface area (Å²) < 4.78 is 5.10. The second-order valence-electron chi connectivity index (χ2n) is 3.73. The van der Waals surface area contributed by atoms with E-state index in [1.54, 1.807) is 36.8 Å². The Morgan fingerprint density at radius 2 is 2.40 bits per heavy atom. The number of nitrogens with two attached hydrogens (primary N) is 1. The molecule has 1 heterocycles. The molecule has 6 nitrogen and oxygen atoms in total.